The molecule has 0 spiro atoms. The van der Waals surface area contributed by atoms with Crippen molar-refractivity contribution in [1.82, 2.24) is 10.6 Å². The van der Waals surface area contributed by atoms with E-state index < -0.39 is 0 Å². The summed E-state index contributed by atoms with van der Waals surface area (Å²) in [6.45, 7) is 3.36. The first kappa shape index (κ1) is 13.9. The predicted octanol–water partition coefficient (Wildman–Crippen LogP) is 1.57. The van der Waals surface area contributed by atoms with Crippen LogP contribution in [-0.4, -0.2) is 32.1 Å². The monoisotopic (exact) mass is 262 g/mol. The summed E-state index contributed by atoms with van der Waals surface area (Å²) in [6.07, 6.45) is 2.72. The number of carbonyl (C=O) groups excluding carboxylic acids is 1. The van der Waals surface area contributed by atoms with E-state index in [1.165, 1.54) is 0 Å². The van der Waals surface area contributed by atoms with Crippen LogP contribution in [-0.2, 0) is 4.79 Å². The van der Waals surface area contributed by atoms with Crippen LogP contribution < -0.4 is 15.4 Å². The molecule has 4 nitrogen and oxygen atoms in total. The van der Waals surface area contributed by atoms with Gasteiger partial charge in [0.2, 0.25) is 5.91 Å². The molecule has 2 N–H and O–H groups in total. The number of hydrogen-bond acceptors (Lipinski definition) is 3. The van der Waals surface area contributed by atoms with E-state index in [4.69, 9.17) is 4.74 Å². The van der Waals surface area contributed by atoms with Crippen LogP contribution in [0.1, 0.15) is 19.3 Å². The SMILES string of the molecule is O=C(CCOc1ccccc1)NCC1CCNCC1. The molecule has 1 aromatic carbocycles. The molecule has 4 heteroatoms. The van der Waals surface area contributed by atoms with Gasteiger partial charge in [0.1, 0.15) is 5.75 Å². The van der Waals surface area contributed by atoms with Crippen molar-refractivity contribution < 1.29 is 9.53 Å². The number of benzene rings is 1. The molecule has 0 radical (unpaired) electrons. The van der Waals surface area contributed by atoms with Crippen LogP contribution >= 0.6 is 0 Å². The number of para-hydroxylation sites is 1. The summed E-state index contributed by atoms with van der Waals surface area (Å²) in [5, 5.41) is 6.31. The van der Waals surface area contributed by atoms with Gasteiger partial charge in [-0.1, -0.05) is 18.2 Å². The highest BCUT2D eigenvalue weighted by Gasteiger charge is 2.13. The Bertz CT molecular complexity index is 375. The third-order valence-corrected chi connectivity index (χ3v) is 3.39. The molecule has 0 bridgehead atoms. The van der Waals surface area contributed by atoms with E-state index in [-0.39, 0.29) is 5.91 Å². The number of piperidine rings is 1. The summed E-state index contributed by atoms with van der Waals surface area (Å²) in [5.41, 5.74) is 0. The Morgan fingerprint density at radius 1 is 1.26 bits per heavy atom. The van der Waals surface area contributed by atoms with Gasteiger partial charge in [0.05, 0.1) is 13.0 Å². The lowest BCUT2D eigenvalue weighted by atomic mass is 9.98. The first-order valence-corrected chi connectivity index (χ1v) is 7.00. The predicted molar refractivity (Wildman–Crippen MR) is 75.2 cm³/mol. The maximum atomic E-state index is 11.7. The standard InChI is InChI=1S/C15H22N2O2/c18-15(17-12-13-6-9-16-10-7-13)8-11-19-14-4-2-1-3-5-14/h1-5,13,16H,6-12H2,(H,17,18). The fraction of sp³-hybridized carbons (Fsp3) is 0.533. The molecule has 1 aliphatic heterocycles. The minimum absolute atomic E-state index is 0.0782. The fourth-order valence-electron chi connectivity index (χ4n) is 2.21. The van der Waals surface area contributed by atoms with E-state index in [9.17, 15) is 4.79 Å². The minimum Gasteiger partial charge on any atom is -0.493 e. The van der Waals surface area contributed by atoms with Gasteiger partial charge in [-0.05, 0) is 44.0 Å². The van der Waals surface area contributed by atoms with Gasteiger partial charge in [-0.2, -0.15) is 0 Å². The highest BCUT2D eigenvalue weighted by molar-refractivity contribution is 5.75. The van der Waals surface area contributed by atoms with Crippen LogP contribution in [0.25, 0.3) is 0 Å². The van der Waals surface area contributed by atoms with Gasteiger partial charge < -0.3 is 15.4 Å². The molecular formula is C15H22N2O2. The molecule has 0 aromatic heterocycles. The Hall–Kier alpha value is -1.55. The molecular weight excluding hydrogens is 240 g/mol. The first-order chi connectivity index (χ1) is 9.34. The van der Waals surface area contributed by atoms with Crippen molar-refractivity contribution in [2.45, 2.75) is 19.3 Å². The molecule has 1 heterocycles. The molecule has 1 aromatic rings. The van der Waals surface area contributed by atoms with Crippen LogP contribution in [0.4, 0.5) is 0 Å². The number of hydrogen-bond donors (Lipinski definition) is 2. The van der Waals surface area contributed by atoms with Crippen molar-refractivity contribution >= 4 is 5.91 Å². The molecule has 0 unspecified atom stereocenters. The van der Waals surface area contributed by atoms with Crippen molar-refractivity contribution in [2.24, 2.45) is 5.92 Å². The van der Waals surface area contributed by atoms with Crippen LogP contribution in [0.5, 0.6) is 5.75 Å². The molecule has 19 heavy (non-hydrogen) atoms. The second-order valence-electron chi connectivity index (χ2n) is 4.91. The zero-order chi connectivity index (χ0) is 13.3. The van der Waals surface area contributed by atoms with E-state index in [2.05, 4.69) is 10.6 Å². The zero-order valence-electron chi connectivity index (χ0n) is 11.2. The molecule has 1 saturated heterocycles. The van der Waals surface area contributed by atoms with E-state index in [0.29, 0.717) is 18.9 Å². The summed E-state index contributed by atoms with van der Waals surface area (Å²) in [6, 6.07) is 9.58. The number of amides is 1. The highest BCUT2D eigenvalue weighted by Crippen LogP contribution is 2.10. The van der Waals surface area contributed by atoms with Crippen molar-refractivity contribution in [2.75, 3.05) is 26.2 Å². The van der Waals surface area contributed by atoms with Crippen LogP contribution in [0.2, 0.25) is 0 Å². The third-order valence-electron chi connectivity index (χ3n) is 3.39. The van der Waals surface area contributed by atoms with Gasteiger partial charge in [0.25, 0.3) is 0 Å². The van der Waals surface area contributed by atoms with Crippen molar-refractivity contribution in [3.63, 3.8) is 0 Å². The lowest BCUT2D eigenvalue weighted by Gasteiger charge is -2.22. The second kappa shape index (κ2) is 7.79. The molecule has 1 fully saturated rings. The number of nitrogens with one attached hydrogen (secondary N) is 2. The van der Waals surface area contributed by atoms with Crippen LogP contribution in [0.3, 0.4) is 0 Å². The summed E-state index contributed by atoms with van der Waals surface area (Å²) in [7, 11) is 0. The van der Waals surface area contributed by atoms with Crippen molar-refractivity contribution in [3.8, 4) is 5.75 Å². The quantitative estimate of drug-likeness (QED) is 0.818. The van der Waals surface area contributed by atoms with E-state index in [1.54, 1.807) is 0 Å². The maximum absolute atomic E-state index is 11.7. The average molecular weight is 262 g/mol. The van der Waals surface area contributed by atoms with Gasteiger partial charge in [-0.3, -0.25) is 4.79 Å². The summed E-state index contributed by atoms with van der Waals surface area (Å²) < 4.78 is 5.50. The first-order valence-electron chi connectivity index (χ1n) is 7.00. The Labute approximate surface area is 114 Å². The van der Waals surface area contributed by atoms with Crippen molar-refractivity contribution in [1.29, 1.82) is 0 Å². The lowest BCUT2D eigenvalue weighted by molar-refractivity contribution is -0.121. The minimum atomic E-state index is 0.0782. The highest BCUT2D eigenvalue weighted by atomic mass is 16.5. The summed E-state index contributed by atoms with van der Waals surface area (Å²) >= 11 is 0. The molecule has 0 saturated carbocycles. The normalized spacial score (nSPS) is 16.0. The summed E-state index contributed by atoms with van der Waals surface area (Å²) in [4.78, 5) is 11.7. The second-order valence-corrected chi connectivity index (χ2v) is 4.91. The average Bonchev–Trinajstić information content (AvgIpc) is 2.47. The number of carbonyl (C=O) groups is 1. The topological polar surface area (TPSA) is 50.4 Å². The maximum Gasteiger partial charge on any atom is 0.223 e. The van der Waals surface area contributed by atoms with Gasteiger partial charge in [0, 0.05) is 6.54 Å². The zero-order valence-corrected chi connectivity index (χ0v) is 11.2. The molecule has 0 aliphatic carbocycles. The van der Waals surface area contributed by atoms with E-state index in [1.807, 2.05) is 30.3 Å². The largest absolute Gasteiger partial charge is 0.493 e. The Morgan fingerprint density at radius 3 is 2.74 bits per heavy atom. The molecule has 1 aliphatic rings. The van der Waals surface area contributed by atoms with Crippen molar-refractivity contribution in [3.05, 3.63) is 30.3 Å². The van der Waals surface area contributed by atoms with Gasteiger partial charge in [-0.15, -0.1) is 0 Å². The van der Waals surface area contributed by atoms with Gasteiger partial charge in [-0.25, -0.2) is 0 Å². The van der Waals surface area contributed by atoms with Gasteiger partial charge >= 0.3 is 0 Å². The van der Waals surface area contributed by atoms with E-state index >= 15 is 0 Å². The van der Waals surface area contributed by atoms with E-state index in [0.717, 1.165) is 38.2 Å². The Kier molecular flexibility index (Phi) is 5.69. The number of rotatable bonds is 6. The van der Waals surface area contributed by atoms with Gasteiger partial charge in [0.15, 0.2) is 0 Å². The molecule has 104 valence electrons. The smallest absolute Gasteiger partial charge is 0.223 e. The molecule has 0 atom stereocenters. The lowest BCUT2D eigenvalue weighted by Crippen LogP contribution is -2.36. The number of ether oxygens (including phenoxy) is 1. The Morgan fingerprint density at radius 2 is 2.00 bits per heavy atom. The van der Waals surface area contributed by atoms with Crippen LogP contribution in [0.15, 0.2) is 30.3 Å². The fourth-order valence-corrected chi connectivity index (χ4v) is 2.21. The third kappa shape index (κ3) is 5.30. The summed E-state index contributed by atoms with van der Waals surface area (Å²) in [5.74, 6) is 1.52. The Balaban J connectivity index is 1.57. The molecule has 1 amide bonds. The molecule has 2 rings (SSSR count). The van der Waals surface area contributed by atoms with Crippen LogP contribution in [0, 0.1) is 5.92 Å².